The molecule has 0 aliphatic carbocycles. The summed E-state index contributed by atoms with van der Waals surface area (Å²) in [6, 6.07) is 16.3. The van der Waals surface area contributed by atoms with Crippen molar-refractivity contribution in [2.45, 2.75) is 26.8 Å². The molecule has 0 saturated carbocycles. The number of amides is 1. The van der Waals surface area contributed by atoms with Gasteiger partial charge in [-0.25, -0.2) is 5.84 Å². The first kappa shape index (κ1) is 17.0. The molecule has 0 aliphatic heterocycles. The summed E-state index contributed by atoms with van der Waals surface area (Å²) in [6.45, 7) is 5.36. The number of fused-ring (bicyclic) bond motifs is 1. The van der Waals surface area contributed by atoms with Crippen LogP contribution in [0.15, 0.2) is 48.5 Å². The number of carbonyl (C=O) groups is 1. The van der Waals surface area contributed by atoms with Crippen LogP contribution in [-0.4, -0.2) is 17.1 Å². The number of hydrogen-bond acceptors (Lipinski definition) is 3. The predicted molar refractivity (Wildman–Crippen MR) is 99.4 cm³/mol. The van der Waals surface area contributed by atoms with Crippen molar-refractivity contribution >= 4 is 16.8 Å². The second kappa shape index (κ2) is 7.40. The Hall–Kier alpha value is -2.79. The SMILES string of the molecule is CCOc1ccc2c(c1)c(CC(=O)NN)c(C)n2Cc1ccccc1. The molecule has 0 spiro atoms. The molecule has 5 nitrogen and oxygen atoms in total. The molecule has 0 saturated heterocycles. The van der Waals surface area contributed by atoms with E-state index in [9.17, 15) is 4.79 Å². The molecule has 0 bridgehead atoms. The molecule has 0 radical (unpaired) electrons. The maximum absolute atomic E-state index is 11.9. The van der Waals surface area contributed by atoms with E-state index < -0.39 is 0 Å². The van der Waals surface area contributed by atoms with Gasteiger partial charge in [0.25, 0.3) is 0 Å². The first-order chi connectivity index (χ1) is 12.1. The summed E-state index contributed by atoms with van der Waals surface area (Å²) in [5.74, 6) is 5.89. The van der Waals surface area contributed by atoms with Gasteiger partial charge in [-0.1, -0.05) is 30.3 Å². The van der Waals surface area contributed by atoms with Crippen LogP contribution >= 0.6 is 0 Å². The minimum Gasteiger partial charge on any atom is -0.494 e. The van der Waals surface area contributed by atoms with Crippen molar-refractivity contribution in [1.29, 1.82) is 0 Å². The van der Waals surface area contributed by atoms with Gasteiger partial charge >= 0.3 is 0 Å². The van der Waals surface area contributed by atoms with E-state index in [1.165, 1.54) is 5.56 Å². The third-order valence-corrected chi connectivity index (χ3v) is 4.42. The standard InChI is InChI=1S/C20H23N3O2/c1-3-25-16-9-10-19-18(11-16)17(12-20(24)22-21)14(2)23(19)13-15-7-5-4-6-8-15/h4-11H,3,12-13,21H2,1-2H3,(H,22,24). The molecule has 3 rings (SSSR count). The van der Waals surface area contributed by atoms with Gasteiger partial charge in [-0.05, 0) is 43.2 Å². The first-order valence-corrected chi connectivity index (χ1v) is 8.42. The van der Waals surface area contributed by atoms with Crippen LogP contribution in [0, 0.1) is 6.92 Å². The van der Waals surface area contributed by atoms with Crippen molar-refractivity contribution in [1.82, 2.24) is 9.99 Å². The minimum atomic E-state index is -0.205. The third kappa shape index (κ3) is 3.51. The minimum absolute atomic E-state index is 0.205. The molecule has 5 heteroatoms. The number of nitrogens with zero attached hydrogens (tertiary/aromatic N) is 1. The number of rotatable bonds is 6. The third-order valence-electron chi connectivity index (χ3n) is 4.42. The van der Waals surface area contributed by atoms with E-state index >= 15 is 0 Å². The van der Waals surface area contributed by atoms with Crippen LogP contribution in [0.25, 0.3) is 10.9 Å². The number of hydrogen-bond donors (Lipinski definition) is 2. The average molecular weight is 337 g/mol. The van der Waals surface area contributed by atoms with Gasteiger partial charge in [-0.2, -0.15) is 0 Å². The quantitative estimate of drug-likeness (QED) is 0.413. The number of hydrazine groups is 1. The lowest BCUT2D eigenvalue weighted by atomic mass is 10.1. The van der Waals surface area contributed by atoms with E-state index in [1.54, 1.807) is 0 Å². The zero-order valence-corrected chi connectivity index (χ0v) is 14.6. The van der Waals surface area contributed by atoms with Gasteiger partial charge in [0, 0.05) is 23.1 Å². The smallest absolute Gasteiger partial charge is 0.238 e. The molecule has 2 aromatic carbocycles. The zero-order chi connectivity index (χ0) is 17.8. The normalized spacial score (nSPS) is 10.8. The van der Waals surface area contributed by atoms with Crippen LogP contribution in [-0.2, 0) is 17.8 Å². The maximum atomic E-state index is 11.9. The summed E-state index contributed by atoms with van der Waals surface area (Å²) < 4.78 is 7.87. The summed E-state index contributed by atoms with van der Waals surface area (Å²) in [5.41, 5.74) is 6.57. The highest BCUT2D eigenvalue weighted by molar-refractivity contribution is 5.91. The van der Waals surface area contributed by atoms with Crippen LogP contribution in [0.4, 0.5) is 0 Å². The molecule has 0 aliphatic rings. The number of nitrogens with two attached hydrogens (primary N) is 1. The monoisotopic (exact) mass is 337 g/mol. The fourth-order valence-electron chi connectivity index (χ4n) is 3.19. The molecule has 1 amide bonds. The highest BCUT2D eigenvalue weighted by Crippen LogP contribution is 2.30. The Bertz CT molecular complexity index is 885. The Morgan fingerprint density at radius 2 is 1.96 bits per heavy atom. The molecular weight excluding hydrogens is 314 g/mol. The maximum Gasteiger partial charge on any atom is 0.238 e. The second-order valence-corrected chi connectivity index (χ2v) is 5.99. The van der Waals surface area contributed by atoms with E-state index in [-0.39, 0.29) is 12.3 Å². The van der Waals surface area contributed by atoms with Gasteiger partial charge in [0.1, 0.15) is 5.75 Å². The lowest BCUT2D eigenvalue weighted by Gasteiger charge is -2.09. The molecule has 0 fully saturated rings. The molecule has 1 aromatic heterocycles. The number of carbonyl (C=O) groups excluding carboxylic acids is 1. The summed E-state index contributed by atoms with van der Waals surface area (Å²) in [6.07, 6.45) is 0.246. The van der Waals surface area contributed by atoms with Gasteiger partial charge in [-0.3, -0.25) is 10.2 Å². The lowest BCUT2D eigenvalue weighted by Crippen LogP contribution is -2.31. The molecule has 25 heavy (non-hydrogen) atoms. The van der Waals surface area contributed by atoms with Crippen molar-refractivity contribution in [3.05, 3.63) is 65.4 Å². The second-order valence-electron chi connectivity index (χ2n) is 5.99. The number of aromatic nitrogens is 1. The predicted octanol–water partition coefficient (Wildman–Crippen LogP) is 2.93. The van der Waals surface area contributed by atoms with E-state index in [0.29, 0.717) is 6.61 Å². The highest BCUT2D eigenvalue weighted by atomic mass is 16.5. The van der Waals surface area contributed by atoms with Crippen molar-refractivity contribution in [2.75, 3.05) is 6.61 Å². The Morgan fingerprint density at radius 3 is 2.64 bits per heavy atom. The molecular formula is C20H23N3O2. The lowest BCUT2D eigenvalue weighted by molar-refractivity contribution is -0.120. The van der Waals surface area contributed by atoms with Crippen LogP contribution in [0.1, 0.15) is 23.7 Å². The molecule has 3 N–H and O–H groups in total. The number of nitrogens with one attached hydrogen (secondary N) is 1. The number of ether oxygens (including phenoxy) is 1. The van der Waals surface area contributed by atoms with Crippen LogP contribution in [0.5, 0.6) is 5.75 Å². The number of benzene rings is 2. The topological polar surface area (TPSA) is 69.3 Å². The van der Waals surface area contributed by atoms with Gasteiger partial charge in [0.2, 0.25) is 5.91 Å². The van der Waals surface area contributed by atoms with Crippen LogP contribution < -0.4 is 16.0 Å². The Balaban J connectivity index is 2.12. The Labute approximate surface area is 147 Å². The average Bonchev–Trinajstić information content (AvgIpc) is 2.88. The van der Waals surface area contributed by atoms with Crippen LogP contribution in [0.3, 0.4) is 0 Å². The van der Waals surface area contributed by atoms with E-state index in [0.717, 1.165) is 34.5 Å². The van der Waals surface area contributed by atoms with Crippen molar-refractivity contribution < 1.29 is 9.53 Å². The van der Waals surface area contributed by atoms with Crippen molar-refractivity contribution in [3.63, 3.8) is 0 Å². The zero-order valence-electron chi connectivity index (χ0n) is 14.6. The fraction of sp³-hybridized carbons (Fsp3) is 0.250. The summed E-state index contributed by atoms with van der Waals surface area (Å²) in [4.78, 5) is 11.9. The Morgan fingerprint density at radius 1 is 1.20 bits per heavy atom. The Kier molecular flexibility index (Phi) is 5.05. The van der Waals surface area contributed by atoms with Crippen molar-refractivity contribution in [3.8, 4) is 5.75 Å². The van der Waals surface area contributed by atoms with E-state index in [4.69, 9.17) is 10.6 Å². The van der Waals surface area contributed by atoms with E-state index in [1.807, 2.05) is 44.2 Å². The molecule has 0 unspecified atom stereocenters. The first-order valence-electron chi connectivity index (χ1n) is 8.42. The highest BCUT2D eigenvalue weighted by Gasteiger charge is 2.17. The largest absolute Gasteiger partial charge is 0.494 e. The molecule has 130 valence electrons. The molecule has 1 heterocycles. The van der Waals surface area contributed by atoms with Gasteiger partial charge in [-0.15, -0.1) is 0 Å². The summed E-state index contributed by atoms with van der Waals surface area (Å²) in [7, 11) is 0. The summed E-state index contributed by atoms with van der Waals surface area (Å²) >= 11 is 0. The van der Waals surface area contributed by atoms with Crippen LogP contribution in [0.2, 0.25) is 0 Å². The molecule has 3 aromatic rings. The fourth-order valence-corrected chi connectivity index (χ4v) is 3.19. The van der Waals surface area contributed by atoms with Gasteiger partial charge in [0.15, 0.2) is 0 Å². The molecule has 0 atom stereocenters. The van der Waals surface area contributed by atoms with E-state index in [2.05, 4.69) is 28.2 Å². The van der Waals surface area contributed by atoms with Crippen molar-refractivity contribution in [2.24, 2.45) is 5.84 Å². The summed E-state index contributed by atoms with van der Waals surface area (Å²) in [5, 5.41) is 1.03. The van der Waals surface area contributed by atoms with Gasteiger partial charge < -0.3 is 9.30 Å². The van der Waals surface area contributed by atoms with Gasteiger partial charge in [0.05, 0.1) is 13.0 Å².